The third-order valence-corrected chi connectivity index (χ3v) is 5.97. The fourth-order valence-electron chi connectivity index (χ4n) is 3.48. The molecule has 29 heavy (non-hydrogen) atoms. The predicted octanol–water partition coefficient (Wildman–Crippen LogP) is 4.31. The van der Waals surface area contributed by atoms with Gasteiger partial charge < -0.3 is 9.64 Å². The van der Waals surface area contributed by atoms with Gasteiger partial charge in [0.05, 0.1) is 16.5 Å². The van der Waals surface area contributed by atoms with Crippen LogP contribution in [0.5, 0.6) is 0 Å². The zero-order valence-corrected chi connectivity index (χ0v) is 18.4. The Balaban J connectivity index is 1.85. The second-order valence-electron chi connectivity index (χ2n) is 8.12. The lowest BCUT2D eigenvalue weighted by molar-refractivity contribution is -0.149. The normalized spacial score (nSPS) is 19.7. The van der Waals surface area contributed by atoms with Gasteiger partial charge in [-0.05, 0) is 75.7 Å². The number of hydrogen-bond acceptors (Lipinski definition) is 6. The Morgan fingerprint density at radius 3 is 2.62 bits per heavy atom. The molecule has 0 atom stereocenters. The number of likely N-dealkylation sites (N-methyl/N-ethyl adjacent to an activating group) is 1. The minimum atomic E-state index is -0.594. The van der Waals surface area contributed by atoms with E-state index in [1.54, 1.807) is 19.9 Å². The molecule has 3 rings (SSSR count). The van der Waals surface area contributed by atoms with Gasteiger partial charge in [-0.25, -0.2) is 0 Å². The highest BCUT2D eigenvalue weighted by Gasteiger charge is 2.37. The van der Waals surface area contributed by atoms with Gasteiger partial charge in [0, 0.05) is 18.3 Å². The van der Waals surface area contributed by atoms with Crippen molar-refractivity contribution >= 4 is 46.2 Å². The van der Waals surface area contributed by atoms with Crippen LogP contribution in [0.4, 0.5) is 10.5 Å². The molecule has 0 spiro atoms. The molecule has 1 saturated heterocycles. The van der Waals surface area contributed by atoms with Crippen LogP contribution in [0.3, 0.4) is 0 Å². The summed E-state index contributed by atoms with van der Waals surface area (Å²) < 4.78 is 5.04. The standard InChI is InChI=1S/C22H26N2O4S/c1-13(2)28-19(25)12-24-20(26)18(29-21(24)27)10-15-7-8-17-16(9-15)14(3)11-22(4,5)23(17)6/h7-11,13H,12H2,1-6H3/b18-10+. The molecule has 1 fully saturated rings. The number of esters is 1. The van der Waals surface area contributed by atoms with Gasteiger partial charge in [-0.2, -0.15) is 0 Å². The van der Waals surface area contributed by atoms with Gasteiger partial charge in [0.15, 0.2) is 0 Å². The van der Waals surface area contributed by atoms with E-state index in [0.29, 0.717) is 4.91 Å². The molecule has 0 N–H and O–H groups in total. The zero-order valence-electron chi connectivity index (χ0n) is 17.6. The summed E-state index contributed by atoms with van der Waals surface area (Å²) in [5.41, 5.74) is 4.14. The highest BCUT2D eigenvalue weighted by Crippen LogP contribution is 2.39. The third-order valence-electron chi connectivity index (χ3n) is 5.07. The van der Waals surface area contributed by atoms with E-state index >= 15 is 0 Å². The number of thioether (sulfide) groups is 1. The smallest absolute Gasteiger partial charge is 0.326 e. The molecule has 0 bridgehead atoms. The first-order chi connectivity index (χ1) is 13.5. The maximum Gasteiger partial charge on any atom is 0.326 e. The number of carbonyl (C=O) groups excluding carboxylic acids is 3. The molecule has 154 valence electrons. The number of ether oxygens (including phenoxy) is 1. The van der Waals surface area contributed by atoms with Crippen molar-refractivity contribution in [3.05, 3.63) is 40.3 Å². The summed E-state index contributed by atoms with van der Waals surface area (Å²) in [5, 5.41) is -0.461. The summed E-state index contributed by atoms with van der Waals surface area (Å²) in [6, 6.07) is 5.99. The van der Waals surface area contributed by atoms with E-state index < -0.39 is 17.1 Å². The number of imide groups is 1. The molecular formula is C22H26N2O4S. The lowest BCUT2D eigenvalue weighted by Gasteiger charge is -2.40. The minimum Gasteiger partial charge on any atom is -0.462 e. The fraction of sp³-hybridized carbons (Fsp3) is 0.409. The summed E-state index contributed by atoms with van der Waals surface area (Å²) >= 11 is 0.842. The molecule has 0 aromatic heterocycles. The van der Waals surface area contributed by atoms with Crippen molar-refractivity contribution in [2.75, 3.05) is 18.5 Å². The monoisotopic (exact) mass is 414 g/mol. The summed E-state index contributed by atoms with van der Waals surface area (Å²) in [7, 11) is 2.06. The van der Waals surface area contributed by atoms with E-state index in [1.807, 2.05) is 18.2 Å². The first-order valence-electron chi connectivity index (χ1n) is 9.52. The molecule has 2 heterocycles. The number of hydrogen-bond donors (Lipinski definition) is 0. The first-order valence-corrected chi connectivity index (χ1v) is 10.3. The third kappa shape index (κ3) is 4.24. The number of fused-ring (bicyclic) bond motifs is 1. The Morgan fingerprint density at radius 1 is 1.28 bits per heavy atom. The molecule has 2 aliphatic rings. The van der Waals surface area contributed by atoms with Crippen molar-refractivity contribution in [1.82, 2.24) is 4.90 Å². The Kier molecular flexibility index (Phi) is 5.63. The second-order valence-corrected chi connectivity index (χ2v) is 9.12. The zero-order chi connectivity index (χ0) is 21.5. The summed E-state index contributed by atoms with van der Waals surface area (Å²) in [6.45, 7) is 9.46. The van der Waals surface area contributed by atoms with Crippen molar-refractivity contribution in [2.24, 2.45) is 0 Å². The maximum atomic E-state index is 12.6. The summed E-state index contributed by atoms with van der Waals surface area (Å²) in [4.78, 5) is 40.1. The second kappa shape index (κ2) is 7.71. The average molecular weight is 415 g/mol. The number of rotatable bonds is 4. The number of nitrogens with zero attached hydrogens (tertiary/aromatic N) is 2. The Hall–Kier alpha value is -2.54. The van der Waals surface area contributed by atoms with Crippen LogP contribution in [0.25, 0.3) is 11.6 Å². The SMILES string of the molecule is CC1=CC(C)(C)N(C)c2ccc(/C=C3/SC(=O)N(CC(=O)OC(C)C)C3=O)cc21. The molecule has 0 unspecified atom stereocenters. The molecule has 0 aliphatic carbocycles. The van der Waals surface area contributed by atoms with E-state index in [9.17, 15) is 14.4 Å². The van der Waals surface area contributed by atoms with E-state index in [-0.39, 0.29) is 18.2 Å². The lowest BCUT2D eigenvalue weighted by Crippen LogP contribution is -2.42. The number of carbonyl (C=O) groups is 3. The molecule has 2 aliphatic heterocycles. The topological polar surface area (TPSA) is 66.9 Å². The largest absolute Gasteiger partial charge is 0.462 e. The van der Waals surface area contributed by atoms with Crippen molar-refractivity contribution < 1.29 is 19.1 Å². The van der Waals surface area contributed by atoms with Crippen LogP contribution in [0, 0.1) is 0 Å². The van der Waals surface area contributed by atoms with E-state index in [0.717, 1.165) is 33.5 Å². The Labute approximate surface area is 175 Å². The van der Waals surface area contributed by atoms with E-state index in [4.69, 9.17) is 4.74 Å². The van der Waals surface area contributed by atoms with Gasteiger partial charge in [-0.1, -0.05) is 12.1 Å². The number of benzene rings is 1. The van der Waals surface area contributed by atoms with E-state index in [1.165, 1.54) is 5.57 Å². The Morgan fingerprint density at radius 2 is 1.97 bits per heavy atom. The lowest BCUT2D eigenvalue weighted by atomic mass is 9.88. The molecule has 2 amide bonds. The van der Waals surface area contributed by atoms with E-state index in [2.05, 4.69) is 38.8 Å². The van der Waals surface area contributed by atoms with Crippen molar-refractivity contribution in [3.63, 3.8) is 0 Å². The maximum absolute atomic E-state index is 12.6. The van der Waals surface area contributed by atoms with Crippen LogP contribution >= 0.6 is 11.8 Å². The quantitative estimate of drug-likeness (QED) is 0.540. The predicted molar refractivity (Wildman–Crippen MR) is 116 cm³/mol. The number of amides is 2. The van der Waals surface area contributed by atoms with Crippen LogP contribution in [-0.4, -0.2) is 47.3 Å². The molecular weight excluding hydrogens is 388 g/mol. The van der Waals surface area contributed by atoms with Crippen LogP contribution in [-0.2, 0) is 14.3 Å². The molecule has 6 nitrogen and oxygen atoms in total. The van der Waals surface area contributed by atoms with Gasteiger partial charge in [-0.15, -0.1) is 0 Å². The first kappa shape index (κ1) is 21.2. The van der Waals surface area contributed by atoms with Gasteiger partial charge in [0.25, 0.3) is 11.1 Å². The van der Waals surface area contributed by atoms with Gasteiger partial charge in [0.1, 0.15) is 6.54 Å². The van der Waals surface area contributed by atoms with Gasteiger partial charge >= 0.3 is 5.97 Å². The van der Waals surface area contributed by atoms with Crippen LogP contribution in [0.15, 0.2) is 29.2 Å². The number of allylic oxidation sites excluding steroid dienone is 1. The van der Waals surface area contributed by atoms with Gasteiger partial charge in [0.2, 0.25) is 0 Å². The van der Waals surface area contributed by atoms with Crippen molar-refractivity contribution in [1.29, 1.82) is 0 Å². The summed E-state index contributed by atoms with van der Waals surface area (Å²) in [6.07, 6.45) is 3.62. The molecule has 0 saturated carbocycles. The minimum absolute atomic E-state index is 0.0775. The highest BCUT2D eigenvalue weighted by atomic mass is 32.2. The fourth-order valence-corrected chi connectivity index (χ4v) is 4.32. The van der Waals surface area contributed by atoms with Crippen molar-refractivity contribution in [3.8, 4) is 0 Å². The van der Waals surface area contributed by atoms with Gasteiger partial charge in [-0.3, -0.25) is 19.3 Å². The molecule has 1 aromatic rings. The highest BCUT2D eigenvalue weighted by molar-refractivity contribution is 8.18. The molecule has 7 heteroatoms. The Bertz CT molecular complexity index is 946. The van der Waals surface area contributed by atoms with Crippen LogP contribution in [0.1, 0.15) is 45.7 Å². The molecule has 1 aromatic carbocycles. The molecule has 0 radical (unpaired) electrons. The van der Waals surface area contributed by atoms with Crippen LogP contribution < -0.4 is 4.90 Å². The van der Waals surface area contributed by atoms with Crippen molar-refractivity contribution in [2.45, 2.75) is 46.3 Å². The average Bonchev–Trinajstić information content (AvgIpc) is 2.86. The van der Waals surface area contributed by atoms with Crippen LogP contribution in [0.2, 0.25) is 0 Å². The summed E-state index contributed by atoms with van der Waals surface area (Å²) in [5.74, 6) is -1.06. The number of anilines is 1.